The highest BCUT2D eigenvalue weighted by Gasteiger charge is 2.27. The minimum Gasteiger partial charge on any atom is -0.508 e. The molecule has 0 spiro atoms. The fraction of sp³-hybridized carbons (Fsp3) is 0.333. The van der Waals surface area contributed by atoms with Crippen molar-refractivity contribution in [2.24, 2.45) is 5.92 Å². The molecule has 0 amide bonds. The van der Waals surface area contributed by atoms with Crippen LogP contribution < -0.4 is 4.90 Å². The quantitative estimate of drug-likeness (QED) is 0.835. The van der Waals surface area contributed by atoms with Crippen molar-refractivity contribution in [1.82, 2.24) is 0 Å². The summed E-state index contributed by atoms with van der Waals surface area (Å²) in [5.74, 6) is 0.984. The van der Waals surface area contributed by atoms with E-state index in [0.717, 1.165) is 23.0 Å². The second-order valence-corrected chi connectivity index (χ2v) is 6.89. The Morgan fingerprint density at radius 2 is 2.00 bits per heavy atom. The molecule has 2 unspecified atom stereocenters. The average Bonchev–Trinajstić information content (AvgIpc) is 2.48. The number of nitrogens with zero attached hydrogens (tertiary/aromatic N) is 1. The molecule has 0 fully saturated rings. The third kappa shape index (κ3) is 2.80. The summed E-state index contributed by atoms with van der Waals surface area (Å²) in [5, 5.41) is 10.2. The molecule has 1 N–H and O–H groups in total. The van der Waals surface area contributed by atoms with Crippen LogP contribution in [0.25, 0.3) is 0 Å². The Morgan fingerprint density at radius 3 is 2.81 bits per heavy atom. The first-order chi connectivity index (χ1) is 10.1. The van der Waals surface area contributed by atoms with Crippen LogP contribution in [0.3, 0.4) is 0 Å². The molecule has 2 nitrogen and oxygen atoms in total. The molecule has 0 bridgehead atoms. The van der Waals surface area contributed by atoms with E-state index in [-0.39, 0.29) is 6.04 Å². The number of phenols is 1. The average molecular weight is 346 g/mol. The zero-order valence-electron chi connectivity index (χ0n) is 12.4. The summed E-state index contributed by atoms with van der Waals surface area (Å²) in [6.45, 7) is 5.47. The lowest BCUT2D eigenvalue weighted by molar-refractivity contribution is 0.450. The topological polar surface area (TPSA) is 23.5 Å². The standard InChI is InChI=1S/C18H20BrNO/c1-12-9-14-5-3-4-6-17(14)20(11-12)13(2)16-10-15(19)7-8-18(16)21/h3-8,10,12-13,21H,9,11H2,1-2H3. The maximum atomic E-state index is 10.2. The summed E-state index contributed by atoms with van der Waals surface area (Å²) in [6.07, 6.45) is 1.13. The zero-order valence-corrected chi connectivity index (χ0v) is 14.0. The Bertz CT molecular complexity index is 655. The van der Waals surface area contributed by atoms with Crippen molar-refractivity contribution in [3.63, 3.8) is 0 Å². The molecule has 1 aliphatic heterocycles. The van der Waals surface area contributed by atoms with E-state index in [1.54, 1.807) is 6.07 Å². The third-order valence-electron chi connectivity index (χ3n) is 4.28. The Balaban J connectivity index is 2.01. The van der Waals surface area contributed by atoms with Gasteiger partial charge >= 0.3 is 0 Å². The van der Waals surface area contributed by atoms with Crippen molar-refractivity contribution in [3.05, 3.63) is 58.1 Å². The predicted octanol–water partition coefficient (Wildman–Crippen LogP) is 4.91. The number of halogens is 1. The number of phenolic OH excluding ortho intramolecular Hbond substituents is 1. The number of hydrogen-bond donors (Lipinski definition) is 1. The van der Waals surface area contributed by atoms with Gasteiger partial charge in [0.15, 0.2) is 0 Å². The van der Waals surface area contributed by atoms with Crippen LogP contribution in [0.4, 0.5) is 5.69 Å². The largest absolute Gasteiger partial charge is 0.508 e. The lowest BCUT2D eigenvalue weighted by Crippen LogP contribution is -2.36. The first-order valence-corrected chi connectivity index (χ1v) is 8.18. The third-order valence-corrected chi connectivity index (χ3v) is 4.78. The van der Waals surface area contributed by atoms with Crippen LogP contribution in [0, 0.1) is 5.92 Å². The van der Waals surface area contributed by atoms with Gasteiger partial charge in [0.2, 0.25) is 0 Å². The van der Waals surface area contributed by atoms with Gasteiger partial charge in [-0.05, 0) is 49.1 Å². The van der Waals surface area contributed by atoms with Crippen molar-refractivity contribution in [2.45, 2.75) is 26.3 Å². The molecule has 0 radical (unpaired) electrons. The van der Waals surface area contributed by atoms with Crippen LogP contribution in [-0.2, 0) is 6.42 Å². The molecular weight excluding hydrogens is 326 g/mol. The van der Waals surface area contributed by atoms with E-state index in [1.165, 1.54) is 11.3 Å². The minimum atomic E-state index is 0.145. The fourth-order valence-electron chi connectivity index (χ4n) is 3.23. The van der Waals surface area contributed by atoms with E-state index < -0.39 is 0 Å². The van der Waals surface area contributed by atoms with Gasteiger partial charge in [-0.15, -0.1) is 0 Å². The van der Waals surface area contributed by atoms with Crippen LogP contribution in [-0.4, -0.2) is 11.7 Å². The summed E-state index contributed by atoms with van der Waals surface area (Å²) in [4.78, 5) is 2.41. The molecule has 0 saturated carbocycles. The van der Waals surface area contributed by atoms with Gasteiger partial charge in [-0.3, -0.25) is 0 Å². The Morgan fingerprint density at radius 1 is 1.24 bits per heavy atom. The number of para-hydroxylation sites is 1. The molecule has 2 aromatic rings. The van der Waals surface area contributed by atoms with Crippen molar-refractivity contribution >= 4 is 21.6 Å². The zero-order chi connectivity index (χ0) is 15.0. The SMILES string of the molecule is CC1Cc2ccccc2N(C(C)c2cc(Br)ccc2O)C1. The lowest BCUT2D eigenvalue weighted by Gasteiger charge is -2.39. The predicted molar refractivity (Wildman–Crippen MR) is 90.9 cm³/mol. The second kappa shape index (κ2) is 5.72. The van der Waals surface area contributed by atoms with E-state index in [4.69, 9.17) is 0 Å². The molecule has 3 rings (SSSR count). The van der Waals surface area contributed by atoms with Gasteiger partial charge in [-0.2, -0.15) is 0 Å². The summed E-state index contributed by atoms with van der Waals surface area (Å²) in [6, 6.07) is 14.4. The van der Waals surface area contributed by atoms with E-state index in [9.17, 15) is 5.11 Å². The summed E-state index contributed by atoms with van der Waals surface area (Å²) < 4.78 is 1.00. The van der Waals surface area contributed by atoms with Crippen molar-refractivity contribution < 1.29 is 5.11 Å². The van der Waals surface area contributed by atoms with Gasteiger partial charge in [-0.1, -0.05) is 41.1 Å². The van der Waals surface area contributed by atoms with Crippen molar-refractivity contribution in [1.29, 1.82) is 0 Å². The van der Waals surface area contributed by atoms with Crippen molar-refractivity contribution in [2.75, 3.05) is 11.4 Å². The van der Waals surface area contributed by atoms with E-state index in [1.807, 2.05) is 12.1 Å². The molecule has 3 heteroatoms. The van der Waals surface area contributed by atoms with Gasteiger partial charge in [0, 0.05) is 22.3 Å². The molecule has 0 saturated heterocycles. The van der Waals surface area contributed by atoms with Crippen LogP contribution in [0.1, 0.15) is 31.0 Å². The van der Waals surface area contributed by atoms with Crippen LogP contribution >= 0.6 is 15.9 Å². The van der Waals surface area contributed by atoms with Gasteiger partial charge in [0.05, 0.1) is 6.04 Å². The van der Waals surface area contributed by atoms with Gasteiger partial charge in [0.1, 0.15) is 5.75 Å². The Hall–Kier alpha value is -1.48. The fourth-order valence-corrected chi connectivity index (χ4v) is 3.61. The van der Waals surface area contributed by atoms with E-state index >= 15 is 0 Å². The van der Waals surface area contributed by atoms with Gasteiger partial charge < -0.3 is 10.0 Å². The normalized spacial score (nSPS) is 19.2. The summed E-state index contributed by atoms with van der Waals surface area (Å²) >= 11 is 3.50. The molecule has 21 heavy (non-hydrogen) atoms. The first kappa shape index (κ1) is 14.5. The molecule has 0 aromatic heterocycles. The Labute approximate surface area is 134 Å². The number of benzene rings is 2. The van der Waals surface area contributed by atoms with Crippen molar-refractivity contribution in [3.8, 4) is 5.75 Å². The highest BCUT2D eigenvalue weighted by Crippen LogP contribution is 2.38. The number of aromatic hydroxyl groups is 1. The molecule has 110 valence electrons. The Kier molecular flexibility index (Phi) is 3.94. The first-order valence-electron chi connectivity index (χ1n) is 7.39. The molecule has 1 heterocycles. The number of anilines is 1. The van der Waals surface area contributed by atoms with Crippen LogP contribution in [0.5, 0.6) is 5.75 Å². The maximum absolute atomic E-state index is 10.2. The van der Waals surface area contributed by atoms with Crippen LogP contribution in [0.2, 0.25) is 0 Å². The molecule has 2 atom stereocenters. The monoisotopic (exact) mass is 345 g/mol. The second-order valence-electron chi connectivity index (χ2n) is 5.97. The van der Waals surface area contributed by atoms with Crippen LogP contribution in [0.15, 0.2) is 46.9 Å². The van der Waals surface area contributed by atoms with E-state index in [0.29, 0.717) is 11.7 Å². The summed E-state index contributed by atoms with van der Waals surface area (Å²) in [5.41, 5.74) is 3.66. The van der Waals surface area contributed by atoms with E-state index in [2.05, 4.69) is 58.9 Å². The molecule has 2 aromatic carbocycles. The van der Waals surface area contributed by atoms with Gasteiger partial charge in [-0.25, -0.2) is 0 Å². The summed E-state index contributed by atoms with van der Waals surface area (Å²) in [7, 11) is 0. The number of hydrogen-bond acceptors (Lipinski definition) is 2. The van der Waals surface area contributed by atoms with Gasteiger partial charge in [0.25, 0.3) is 0 Å². The molecule has 0 aliphatic carbocycles. The lowest BCUT2D eigenvalue weighted by atomic mass is 9.91. The maximum Gasteiger partial charge on any atom is 0.120 e. The minimum absolute atomic E-state index is 0.145. The number of fused-ring (bicyclic) bond motifs is 1. The smallest absolute Gasteiger partial charge is 0.120 e. The molecule has 1 aliphatic rings. The highest BCUT2D eigenvalue weighted by atomic mass is 79.9. The highest BCUT2D eigenvalue weighted by molar-refractivity contribution is 9.10. The molecular formula is C18H20BrNO. The number of rotatable bonds is 2.